The van der Waals surface area contributed by atoms with E-state index in [2.05, 4.69) is 24.0 Å². The molecule has 1 heterocycles. The Morgan fingerprint density at radius 1 is 0.824 bits per heavy atom. The lowest BCUT2D eigenvalue weighted by Gasteiger charge is -2.40. The SMILES string of the molecule is CCCCCc1ccc(CN(C(=O)C=Cc2ccc(C(F)(F)F)cc2)[C@@H](Cc2ccccc2)C(=O)N2CCN(c3cccc(OC)c3)CC2)cc1. The monoisotopic (exact) mass is 697 g/mol. The number of hydrogen-bond acceptors (Lipinski definition) is 4. The molecule has 268 valence electrons. The number of benzene rings is 4. The lowest BCUT2D eigenvalue weighted by Crippen LogP contribution is -2.56. The van der Waals surface area contributed by atoms with Crippen LogP contribution in [-0.2, 0) is 35.2 Å². The minimum Gasteiger partial charge on any atom is -0.497 e. The van der Waals surface area contributed by atoms with Crippen LogP contribution in [0, 0.1) is 0 Å². The van der Waals surface area contributed by atoms with Crippen molar-refractivity contribution in [2.75, 3.05) is 38.2 Å². The highest BCUT2D eigenvalue weighted by atomic mass is 19.4. The highest BCUT2D eigenvalue weighted by Crippen LogP contribution is 2.29. The first-order valence-electron chi connectivity index (χ1n) is 17.6. The molecule has 0 aliphatic carbocycles. The highest BCUT2D eigenvalue weighted by molar-refractivity contribution is 5.96. The first-order valence-corrected chi connectivity index (χ1v) is 17.6. The smallest absolute Gasteiger partial charge is 0.416 e. The Bertz CT molecular complexity index is 1730. The molecule has 0 aromatic heterocycles. The van der Waals surface area contributed by atoms with Gasteiger partial charge in [-0.15, -0.1) is 0 Å². The molecule has 0 saturated carbocycles. The Kier molecular flexibility index (Phi) is 12.9. The lowest BCUT2D eigenvalue weighted by atomic mass is 10.0. The summed E-state index contributed by atoms with van der Waals surface area (Å²) in [5.41, 5.74) is 3.74. The maximum absolute atomic E-state index is 14.6. The number of hydrogen-bond donors (Lipinski definition) is 0. The van der Waals surface area contributed by atoms with Gasteiger partial charge in [0.1, 0.15) is 11.8 Å². The van der Waals surface area contributed by atoms with E-state index >= 15 is 0 Å². The lowest BCUT2D eigenvalue weighted by molar-refractivity contribution is -0.144. The molecule has 9 heteroatoms. The van der Waals surface area contributed by atoms with Gasteiger partial charge < -0.3 is 19.4 Å². The van der Waals surface area contributed by atoms with Crippen molar-refractivity contribution in [1.82, 2.24) is 9.80 Å². The number of rotatable bonds is 14. The molecule has 4 aromatic carbocycles. The average Bonchev–Trinajstić information content (AvgIpc) is 3.16. The molecular formula is C42H46F3N3O3. The Morgan fingerprint density at radius 3 is 2.16 bits per heavy atom. The van der Waals surface area contributed by atoms with E-state index in [1.165, 1.54) is 29.8 Å². The van der Waals surface area contributed by atoms with Crippen LogP contribution in [0.25, 0.3) is 6.08 Å². The minimum absolute atomic E-state index is 0.142. The summed E-state index contributed by atoms with van der Waals surface area (Å²) in [6, 6.07) is 29.5. The summed E-state index contributed by atoms with van der Waals surface area (Å²) in [5, 5.41) is 0. The van der Waals surface area contributed by atoms with E-state index < -0.39 is 23.7 Å². The summed E-state index contributed by atoms with van der Waals surface area (Å²) in [7, 11) is 1.64. The molecule has 4 aromatic rings. The number of amides is 2. The molecule has 1 fully saturated rings. The van der Waals surface area contributed by atoms with Crippen LogP contribution in [0.5, 0.6) is 5.75 Å². The van der Waals surface area contributed by atoms with Gasteiger partial charge in [-0.25, -0.2) is 0 Å². The van der Waals surface area contributed by atoms with Crippen LogP contribution in [0.1, 0.15) is 54.0 Å². The zero-order valence-corrected chi connectivity index (χ0v) is 29.3. The van der Waals surface area contributed by atoms with Gasteiger partial charge in [0.15, 0.2) is 0 Å². The fraction of sp³-hybridized carbons (Fsp3) is 0.333. The van der Waals surface area contributed by atoms with E-state index in [1.807, 2.05) is 71.6 Å². The predicted molar refractivity (Wildman–Crippen MR) is 196 cm³/mol. The summed E-state index contributed by atoms with van der Waals surface area (Å²) >= 11 is 0. The van der Waals surface area contributed by atoms with Gasteiger partial charge in [-0.3, -0.25) is 9.59 Å². The molecule has 2 amide bonds. The van der Waals surface area contributed by atoms with Crippen molar-refractivity contribution in [2.24, 2.45) is 0 Å². The van der Waals surface area contributed by atoms with Gasteiger partial charge in [-0.05, 0) is 65.4 Å². The highest BCUT2D eigenvalue weighted by Gasteiger charge is 2.34. The van der Waals surface area contributed by atoms with Gasteiger partial charge in [0.25, 0.3) is 0 Å². The number of anilines is 1. The van der Waals surface area contributed by atoms with Crippen LogP contribution in [0.3, 0.4) is 0 Å². The van der Waals surface area contributed by atoms with Crippen molar-refractivity contribution >= 4 is 23.6 Å². The van der Waals surface area contributed by atoms with Crippen LogP contribution in [0.15, 0.2) is 109 Å². The van der Waals surface area contributed by atoms with E-state index in [1.54, 1.807) is 12.0 Å². The molecule has 1 atom stereocenters. The number of unbranched alkanes of at least 4 members (excludes halogenated alkanes) is 2. The van der Waals surface area contributed by atoms with Gasteiger partial charge >= 0.3 is 6.18 Å². The minimum atomic E-state index is -4.45. The predicted octanol–water partition coefficient (Wildman–Crippen LogP) is 8.45. The zero-order valence-electron chi connectivity index (χ0n) is 29.3. The molecule has 0 bridgehead atoms. The molecule has 1 saturated heterocycles. The fourth-order valence-corrected chi connectivity index (χ4v) is 6.35. The van der Waals surface area contributed by atoms with Gasteiger partial charge in [0.05, 0.1) is 12.7 Å². The van der Waals surface area contributed by atoms with Crippen molar-refractivity contribution in [2.45, 2.75) is 57.8 Å². The van der Waals surface area contributed by atoms with E-state index in [9.17, 15) is 22.8 Å². The normalized spacial score (nSPS) is 14.1. The standard InChI is InChI=1S/C42H46F3N3O3/c1-3-4-6-10-32-15-17-35(18-16-32)31-48(40(49)24-21-33-19-22-36(23-20-33)42(43,44)45)39(29-34-11-7-5-8-12-34)41(50)47-27-25-46(26-28-47)37-13-9-14-38(30-37)51-2/h5,7-9,11-24,30,39H,3-4,6,10,25-29,31H2,1-2H3/t39-/m0/s1. The van der Waals surface area contributed by atoms with Gasteiger partial charge in [-0.1, -0.05) is 92.6 Å². The third kappa shape index (κ3) is 10.5. The van der Waals surface area contributed by atoms with Crippen molar-refractivity contribution in [3.05, 3.63) is 137 Å². The first kappa shape index (κ1) is 37.2. The largest absolute Gasteiger partial charge is 0.497 e. The molecule has 6 nitrogen and oxygen atoms in total. The van der Waals surface area contributed by atoms with Gasteiger partial charge in [-0.2, -0.15) is 13.2 Å². The number of ether oxygens (including phenoxy) is 1. The van der Waals surface area contributed by atoms with E-state index in [0.717, 1.165) is 60.4 Å². The van der Waals surface area contributed by atoms with Crippen molar-refractivity contribution < 1.29 is 27.5 Å². The van der Waals surface area contributed by atoms with Crippen LogP contribution < -0.4 is 9.64 Å². The number of alkyl halides is 3. The Hall–Kier alpha value is -5.05. The Morgan fingerprint density at radius 2 is 1.51 bits per heavy atom. The summed E-state index contributed by atoms with van der Waals surface area (Å²) in [5.74, 6) is 0.226. The molecular weight excluding hydrogens is 651 g/mol. The second-order valence-corrected chi connectivity index (χ2v) is 12.9. The van der Waals surface area contributed by atoms with Crippen molar-refractivity contribution in [1.29, 1.82) is 0 Å². The number of carbonyl (C=O) groups is 2. The van der Waals surface area contributed by atoms with Crippen LogP contribution in [0.4, 0.5) is 18.9 Å². The second kappa shape index (κ2) is 17.7. The number of halogens is 3. The molecule has 0 spiro atoms. The summed E-state index contributed by atoms with van der Waals surface area (Å²) in [6.45, 7) is 4.58. The second-order valence-electron chi connectivity index (χ2n) is 12.9. The number of aryl methyl sites for hydroxylation is 1. The van der Waals surface area contributed by atoms with Crippen LogP contribution >= 0.6 is 0 Å². The molecule has 0 unspecified atom stereocenters. The maximum atomic E-state index is 14.6. The third-order valence-corrected chi connectivity index (χ3v) is 9.33. The van der Waals surface area contributed by atoms with Crippen molar-refractivity contribution in [3.63, 3.8) is 0 Å². The number of methoxy groups -OCH3 is 1. The number of carbonyl (C=O) groups excluding carboxylic acids is 2. The Labute approximate surface area is 299 Å². The molecule has 1 aliphatic rings. The summed E-state index contributed by atoms with van der Waals surface area (Å²) in [6.07, 6.45) is 3.10. The fourth-order valence-electron chi connectivity index (χ4n) is 6.35. The molecule has 0 radical (unpaired) electrons. The molecule has 51 heavy (non-hydrogen) atoms. The number of piperazine rings is 1. The van der Waals surface area contributed by atoms with Crippen LogP contribution in [0.2, 0.25) is 0 Å². The van der Waals surface area contributed by atoms with E-state index in [4.69, 9.17) is 4.74 Å². The van der Waals surface area contributed by atoms with Gasteiger partial charge in [0.2, 0.25) is 11.8 Å². The average molecular weight is 698 g/mol. The first-order chi connectivity index (χ1) is 24.6. The third-order valence-electron chi connectivity index (χ3n) is 9.33. The molecule has 0 N–H and O–H groups in total. The van der Waals surface area contributed by atoms with E-state index in [0.29, 0.717) is 38.2 Å². The van der Waals surface area contributed by atoms with Crippen LogP contribution in [-0.4, -0.2) is 60.9 Å². The summed E-state index contributed by atoms with van der Waals surface area (Å²) in [4.78, 5) is 34.4. The van der Waals surface area contributed by atoms with Gasteiger partial charge in [0, 0.05) is 57.0 Å². The summed E-state index contributed by atoms with van der Waals surface area (Å²) < 4.78 is 44.9. The maximum Gasteiger partial charge on any atom is 0.416 e. The van der Waals surface area contributed by atoms with E-state index in [-0.39, 0.29) is 12.5 Å². The quantitative estimate of drug-likeness (QED) is 0.0981. The zero-order chi connectivity index (χ0) is 36.2. The molecule has 1 aliphatic heterocycles. The Balaban J connectivity index is 1.42. The molecule has 5 rings (SSSR count). The topological polar surface area (TPSA) is 53.1 Å². The number of nitrogens with zero attached hydrogens (tertiary/aromatic N) is 3. The van der Waals surface area contributed by atoms with Crippen molar-refractivity contribution in [3.8, 4) is 5.75 Å².